The minimum Gasteiger partial charge on any atom is -0.472 e. The first-order chi connectivity index (χ1) is 10.7. The van der Waals surface area contributed by atoms with Gasteiger partial charge in [-0.15, -0.1) is 0 Å². The number of hydrogen-bond acceptors (Lipinski definition) is 3. The summed E-state index contributed by atoms with van der Waals surface area (Å²) in [5, 5.41) is 3.68. The maximum absolute atomic E-state index is 12.1. The summed E-state index contributed by atoms with van der Waals surface area (Å²) in [4.78, 5) is 14.4. The van der Waals surface area contributed by atoms with Crippen LogP contribution in [0.4, 0.5) is 0 Å². The first-order valence-corrected chi connectivity index (χ1v) is 7.84. The number of furan rings is 1. The fourth-order valence-electron chi connectivity index (χ4n) is 2.53. The van der Waals surface area contributed by atoms with Crippen molar-refractivity contribution in [3.05, 3.63) is 59.0 Å². The molecule has 0 saturated heterocycles. The number of carbonyl (C=O) groups is 1. The van der Waals surface area contributed by atoms with E-state index in [0.29, 0.717) is 12.1 Å². The summed E-state index contributed by atoms with van der Waals surface area (Å²) in [7, 11) is 0. The van der Waals surface area contributed by atoms with Crippen molar-refractivity contribution in [2.24, 2.45) is 0 Å². The smallest absolute Gasteiger partial charge is 0.254 e. The van der Waals surface area contributed by atoms with Crippen molar-refractivity contribution in [2.45, 2.75) is 19.9 Å². The highest BCUT2D eigenvalue weighted by atomic mass is 35.5. The predicted molar refractivity (Wildman–Crippen MR) is 88.2 cm³/mol. The predicted octanol–water partition coefficient (Wildman–Crippen LogP) is 3.75. The molecule has 0 radical (unpaired) electrons. The van der Waals surface area contributed by atoms with Gasteiger partial charge in [-0.05, 0) is 30.8 Å². The van der Waals surface area contributed by atoms with Crippen LogP contribution in [0, 0.1) is 0 Å². The maximum atomic E-state index is 12.1. The minimum atomic E-state index is -0.141. The lowest BCUT2D eigenvalue weighted by Gasteiger charge is -2.30. The van der Waals surface area contributed by atoms with Gasteiger partial charge < -0.3 is 9.73 Å². The van der Waals surface area contributed by atoms with Crippen LogP contribution < -0.4 is 5.32 Å². The molecule has 0 bridgehead atoms. The molecule has 2 aromatic rings. The van der Waals surface area contributed by atoms with Crippen molar-refractivity contribution >= 4 is 17.5 Å². The van der Waals surface area contributed by atoms with Crippen LogP contribution in [-0.4, -0.2) is 30.4 Å². The molecule has 2 rings (SSSR count). The van der Waals surface area contributed by atoms with E-state index >= 15 is 0 Å². The van der Waals surface area contributed by atoms with E-state index in [-0.39, 0.29) is 11.9 Å². The van der Waals surface area contributed by atoms with Gasteiger partial charge in [0.15, 0.2) is 0 Å². The van der Waals surface area contributed by atoms with E-state index in [1.165, 1.54) is 12.5 Å². The fraction of sp³-hybridized carbons (Fsp3) is 0.353. The van der Waals surface area contributed by atoms with Gasteiger partial charge in [0.25, 0.3) is 5.91 Å². The zero-order chi connectivity index (χ0) is 15.9. The van der Waals surface area contributed by atoms with Gasteiger partial charge in [-0.25, -0.2) is 0 Å². The third kappa shape index (κ3) is 3.90. The van der Waals surface area contributed by atoms with E-state index in [2.05, 4.69) is 24.1 Å². The van der Waals surface area contributed by atoms with E-state index < -0.39 is 0 Å². The van der Waals surface area contributed by atoms with Crippen molar-refractivity contribution in [3.63, 3.8) is 0 Å². The van der Waals surface area contributed by atoms with Crippen LogP contribution in [-0.2, 0) is 0 Å². The SMILES string of the molecule is CCN(CC)[C@@H](CNC(=O)c1ccoc1)c1ccccc1Cl. The van der Waals surface area contributed by atoms with Gasteiger partial charge in [-0.1, -0.05) is 43.6 Å². The van der Waals surface area contributed by atoms with Gasteiger partial charge >= 0.3 is 0 Å². The second-order valence-corrected chi connectivity index (χ2v) is 5.39. The molecule has 5 heteroatoms. The summed E-state index contributed by atoms with van der Waals surface area (Å²) in [5.41, 5.74) is 1.55. The summed E-state index contributed by atoms with van der Waals surface area (Å²) in [6, 6.07) is 9.46. The Kier molecular flexibility index (Phi) is 6.04. The molecular weight excluding hydrogens is 300 g/mol. The second-order valence-electron chi connectivity index (χ2n) is 4.98. The van der Waals surface area contributed by atoms with Gasteiger partial charge in [0.2, 0.25) is 0 Å². The summed E-state index contributed by atoms with van der Waals surface area (Å²) in [6.45, 7) is 6.47. The van der Waals surface area contributed by atoms with Gasteiger partial charge in [-0.3, -0.25) is 9.69 Å². The molecule has 1 heterocycles. The van der Waals surface area contributed by atoms with Crippen molar-refractivity contribution < 1.29 is 9.21 Å². The molecule has 1 N–H and O–H groups in total. The average Bonchev–Trinajstić information content (AvgIpc) is 3.06. The fourth-order valence-corrected chi connectivity index (χ4v) is 2.79. The molecule has 118 valence electrons. The van der Waals surface area contributed by atoms with E-state index in [1.807, 2.05) is 24.3 Å². The molecule has 22 heavy (non-hydrogen) atoms. The number of nitrogens with zero attached hydrogens (tertiary/aromatic N) is 1. The number of carbonyl (C=O) groups excluding carboxylic acids is 1. The maximum Gasteiger partial charge on any atom is 0.254 e. The molecule has 0 saturated carbocycles. The molecule has 0 aliphatic carbocycles. The standard InChI is InChI=1S/C17H21ClN2O2/c1-3-20(4-2)16(14-7-5-6-8-15(14)18)11-19-17(21)13-9-10-22-12-13/h5-10,12,16H,3-4,11H2,1-2H3,(H,19,21)/t16-/m0/s1. The monoisotopic (exact) mass is 320 g/mol. The molecular formula is C17H21ClN2O2. The molecule has 1 aromatic heterocycles. The van der Waals surface area contributed by atoms with Crippen molar-refractivity contribution in [3.8, 4) is 0 Å². The highest BCUT2D eigenvalue weighted by Gasteiger charge is 2.21. The molecule has 0 spiro atoms. The van der Waals surface area contributed by atoms with Gasteiger partial charge in [-0.2, -0.15) is 0 Å². The third-order valence-electron chi connectivity index (χ3n) is 3.76. The summed E-state index contributed by atoms with van der Waals surface area (Å²) in [5.74, 6) is -0.141. The molecule has 0 fully saturated rings. The lowest BCUT2D eigenvalue weighted by atomic mass is 10.0. The lowest BCUT2D eigenvalue weighted by molar-refractivity contribution is 0.0934. The average molecular weight is 321 g/mol. The summed E-state index contributed by atoms with van der Waals surface area (Å²) < 4.78 is 4.94. The number of rotatable bonds is 7. The molecule has 1 atom stereocenters. The minimum absolute atomic E-state index is 0.0413. The van der Waals surface area contributed by atoms with Gasteiger partial charge in [0.1, 0.15) is 6.26 Å². The Bertz CT molecular complexity index is 594. The number of amides is 1. The zero-order valence-corrected chi connectivity index (χ0v) is 13.6. The highest BCUT2D eigenvalue weighted by molar-refractivity contribution is 6.31. The molecule has 4 nitrogen and oxygen atoms in total. The molecule has 1 amide bonds. The van der Waals surface area contributed by atoms with Crippen LogP contribution in [0.1, 0.15) is 35.8 Å². The van der Waals surface area contributed by atoms with Crippen LogP contribution in [0.5, 0.6) is 0 Å². The van der Waals surface area contributed by atoms with Crippen molar-refractivity contribution in [1.29, 1.82) is 0 Å². The molecule has 1 aromatic carbocycles. The van der Waals surface area contributed by atoms with E-state index in [0.717, 1.165) is 23.7 Å². The molecule has 0 aliphatic rings. The van der Waals surface area contributed by atoms with Gasteiger partial charge in [0, 0.05) is 11.6 Å². The Morgan fingerprint density at radius 2 is 2.00 bits per heavy atom. The molecule has 0 unspecified atom stereocenters. The van der Waals surface area contributed by atoms with Crippen LogP contribution in [0.2, 0.25) is 5.02 Å². The Morgan fingerprint density at radius 3 is 2.59 bits per heavy atom. The normalized spacial score (nSPS) is 12.4. The van der Waals surface area contributed by atoms with Crippen LogP contribution in [0.25, 0.3) is 0 Å². The Morgan fingerprint density at radius 1 is 1.27 bits per heavy atom. The Balaban J connectivity index is 2.15. The number of nitrogens with one attached hydrogen (secondary N) is 1. The number of likely N-dealkylation sites (N-methyl/N-ethyl adjacent to an activating group) is 1. The quantitative estimate of drug-likeness (QED) is 0.845. The first-order valence-electron chi connectivity index (χ1n) is 7.46. The van der Waals surface area contributed by atoms with E-state index in [9.17, 15) is 4.79 Å². The topological polar surface area (TPSA) is 45.5 Å². The van der Waals surface area contributed by atoms with E-state index in [1.54, 1.807) is 6.07 Å². The molecule has 0 aliphatic heterocycles. The van der Waals surface area contributed by atoms with Crippen LogP contribution in [0.3, 0.4) is 0 Å². The van der Waals surface area contributed by atoms with Crippen LogP contribution in [0.15, 0.2) is 47.3 Å². The van der Waals surface area contributed by atoms with Crippen LogP contribution >= 0.6 is 11.6 Å². The Labute approximate surface area is 136 Å². The lowest BCUT2D eigenvalue weighted by Crippen LogP contribution is -2.38. The number of halogens is 1. The summed E-state index contributed by atoms with van der Waals surface area (Å²) >= 11 is 6.34. The highest BCUT2D eigenvalue weighted by Crippen LogP contribution is 2.27. The number of benzene rings is 1. The van der Waals surface area contributed by atoms with Gasteiger partial charge in [0.05, 0.1) is 17.9 Å². The Hall–Kier alpha value is -1.78. The third-order valence-corrected chi connectivity index (χ3v) is 4.10. The zero-order valence-electron chi connectivity index (χ0n) is 12.9. The van der Waals surface area contributed by atoms with Crippen molar-refractivity contribution in [2.75, 3.05) is 19.6 Å². The number of hydrogen-bond donors (Lipinski definition) is 1. The second kappa shape index (κ2) is 8.01. The summed E-state index contributed by atoms with van der Waals surface area (Å²) in [6.07, 6.45) is 2.93. The largest absolute Gasteiger partial charge is 0.472 e. The van der Waals surface area contributed by atoms with Crippen molar-refractivity contribution in [1.82, 2.24) is 10.2 Å². The van der Waals surface area contributed by atoms with E-state index in [4.69, 9.17) is 16.0 Å². The first kappa shape index (κ1) is 16.6.